The van der Waals surface area contributed by atoms with Crippen molar-refractivity contribution in [2.45, 2.75) is 31.7 Å². The molecule has 2 atom stereocenters. The zero-order chi connectivity index (χ0) is 24.3. The van der Waals surface area contributed by atoms with E-state index < -0.39 is 23.4 Å². The van der Waals surface area contributed by atoms with Gasteiger partial charge in [-0.25, -0.2) is 4.68 Å². The third kappa shape index (κ3) is 3.67. The van der Waals surface area contributed by atoms with Crippen molar-refractivity contribution in [3.05, 3.63) is 70.4 Å². The van der Waals surface area contributed by atoms with Crippen molar-refractivity contribution >= 4 is 34.9 Å². The maximum atomic E-state index is 12.9. The SMILES string of the molecule is C[C@H]1C(=O)Nc2ccc(OC(F)(F)F)cc2[C@@]12CC(=O)Nc1c2cnn1Cc1ccc(Cl)cc1. The lowest BCUT2D eigenvalue weighted by Crippen LogP contribution is -2.50. The third-order valence-electron chi connectivity index (χ3n) is 6.36. The zero-order valence-electron chi connectivity index (χ0n) is 17.7. The molecule has 0 fully saturated rings. The first-order valence-corrected chi connectivity index (χ1v) is 10.8. The normalized spacial score (nSPS) is 21.5. The van der Waals surface area contributed by atoms with Crippen LogP contribution in [0.25, 0.3) is 0 Å². The highest BCUT2D eigenvalue weighted by Crippen LogP contribution is 2.53. The number of hydrogen-bond donors (Lipinski definition) is 2. The number of hydrogen-bond acceptors (Lipinski definition) is 4. The fourth-order valence-corrected chi connectivity index (χ4v) is 4.90. The van der Waals surface area contributed by atoms with E-state index in [9.17, 15) is 22.8 Å². The molecular weight excluding hydrogens is 473 g/mol. The Morgan fingerprint density at radius 1 is 1.15 bits per heavy atom. The topological polar surface area (TPSA) is 85.2 Å². The summed E-state index contributed by atoms with van der Waals surface area (Å²) >= 11 is 5.96. The van der Waals surface area contributed by atoms with Gasteiger partial charge in [0, 0.05) is 34.0 Å². The van der Waals surface area contributed by atoms with Gasteiger partial charge in [-0.15, -0.1) is 13.2 Å². The van der Waals surface area contributed by atoms with Crippen molar-refractivity contribution in [3.63, 3.8) is 0 Å². The number of anilines is 2. The van der Waals surface area contributed by atoms with Gasteiger partial charge < -0.3 is 15.4 Å². The number of alkyl halides is 3. The Morgan fingerprint density at radius 2 is 1.88 bits per heavy atom. The molecule has 11 heteroatoms. The first-order valence-electron chi connectivity index (χ1n) is 10.4. The van der Waals surface area contributed by atoms with Crippen LogP contribution in [-0.4, -0.2) is 28.0 Å². The highest BCUT2D eigenvalue weighted by atomic mass is 35.5. The number of fused-ring (bicyclic) bond motifs is 4. The maximum absolute atomic E-state index is 12.9. The second kappa shape index (κ2) is 7.76. The minimum atomic E-state index is -4.89. The summed E-state index contributed by atoms with van der Waals surface area (Å²) in [6, 6.07) is 10.8. The van der Waals surface area contributed by atoms with Crippen molar-refractivity contribution in [1.29, 1.82) is 0 Å². The van der Waals surface area contributed by atoms with Crippen LogP contribution in [0.2, 0.25) is 5.02 Å². The maximum Gasteiger partial charge on any atom is 0.573 e. The van der Waals surface area contributed by atoms with Gasteiger partial charge in [-0.1, -0.05) is 30.7 Å². The van der Waals surface area contributed by atoms with E-state index in [0.29, 0.717) is 34.2 Å². The molecule has 2 amide bonds. The number of nitrogens with one attached hydrogen (secondary N) is 2. The Hall–Kier alpha value is -3.53. The quantitative estimate of drug-likeness (QED) is 0.557. The summed E-state index contributed by atoms with van der Waals surface area (Å²) in [5.41, 5.74) is 0.888. The van der Waals surface area contributed by atoms with Crippen LogP contribution in [0.15, 0.2) is 48.7 Å². The van der Waals surface area contributed by atoms with Gasteiger partial charge in [0.15, 0.2) is 0 Å². The Labute approximate surface area is 196 Å². The summed E-state index contributed by atoms with van der Waals surface area (Å²) in [5.74, 6) is -1.53. The summed E-state index contributed by atoms with van der Waals surface area (Å²) < 4.78 is 44.4. The fourth-order valence-electron chi connectivity index (χ4n) is 4.77. The number of aromatic nitrogens is 2. The molecule has 34 heavy (non-hydrogen) atoms. The van der Waals surface area contributed by atoms with Gasteiger partial charge in [-0.05, 0) is 41.5 Å². The van der Waals surface area contributed by atoms with E-state index in [0.717, 1.165) is 11.6 Å². The second-order valence-electron chi connectivity index (χ2n) is 8.35. The van der Waals surface area contributed by atoms with Crippen molar-refractivity contribution in [2.24, 2.45) is 5.92 Å². The van der Waals surface area contributed by atoms with Crippen LogP contribution in [0.5, 0.6) is 5.75 Å². The van der Waals surface area contributed by atoms with E-state index in [4.69, 9.17) is 11.6 Å². The van der Waals surface area contributed by atoms with E-state index >= 15 is 0 Å². The van der Waals surface area contributed by atoms with E-state index in [2.05, 4.69) is 20.5 Å². The lowest BCUT2D eigenvalue weighted by atomic mass is 9.61. The number of amides is 2. The molecule has 3 aromatic rings. The van der Waals surface area contributed by atoms with E-state index in [-0.39, 0.29) is 18.2 Å². The number of benzene rings is 2. The lowest BCUT2D eigenvalue weighted by molar-refractivity contribution is -0.274. The summed E-state index contributed by atoms with van der Waals surface area (Å²) in [5, 5.41) is 10.6. The first kappa shape index (κ1) is 22.3. The average Bonchev–Trinajstić information content (AvgIpc) is 3.16. The molecule has 2 aliphatic heterocycles. The smallest absolute Gasteiger partial charge is 0.406 e. The van der Waals surface area contributed by atoms with Crippen LogP contribution in [0.3, 0.4) is 0 Å². The molecular formula is C23H18ClF3N4O3. The molecule has 3 heterocycles. The minimum Gasteiger partial charge on any atom is -0.406 e. The predicted molar refractivity (Wildman–Crippen MR) is 118 cm³/mol. The number of nitrogens with zero attached hydrogens (tertiary/aromatic N) is 2. The summed E-state index contributed by atoms with van der Waals surface area (Å²) in [6.45, 7) is 1.96. The summed E-state index contributed by atoms with van der Waals surface area (Å²) in [4.78, 5) is 25.8. The average molecular weight is 491 g/mol. The highest BCUT2D eigenvalue weighted by Gasteiger charge is 2.53. The molecule has 1 aromatic heterocycles. The van der Waals surface area contributed by atoms with Gasteiger partial charge in [-0.3, -0.25) is 9.59 Å². The number of carbonyl (C=O) groups is 2. The van der Waals surface area contributed by atoms with Gasteiger partial charge >= 0.3 is 6.36 Å². The monoisotopic (exact) mass is 490 g/mol. The molecule has 0 radical (unpaired) electrons. The van der Waals surface area contributed by atoms with Gasteiger partial charge in [0.05, 0.1) is 12.7 Å². The number of halogens is 4. The molecule has 0 saturated heterocycles. The minimum absolute atomic E-state index is 0.135. The van der Waals surface area contributed by atoms with Crippen LogP contribution in [0.1, 0.15) is 30.0 Å². The molecule has 2 aliphatic rings. The molecule has 2 N–H and O–H groups in total. The molecule has 0 unspecified atom stereocenters. The fraction of sp³-hybridized carbons (Fsp3) is 0.261. The van der Waals surface area contributed by atoms with Crippen molar-refractivity contribution in [3.8, 4) is 5.75 Å². The number of ether oxygens (including phenoxy) is 1. The molecule has 2 aromatic carbocycles. The second-order valence-corrected chi connectivity index (χ2v) is 8.79. The van der Waals surface area contributed by atoms with Crippen LogP contribution < -0.4 is 15.4 Å². The van der Waals surface area contributed by atoms with Crippen molar-refractivity contribution in [1.82, 2.24) is 9.78 Å². The van der Waals surface area contributed by atoms with Gasteiger partial charge in [-0.2, -0.15) is 5.10 Å². The Morgan fingerprint density at radius 3 is 2.59 bits per heavy atom. The highest BCUT2D eigenvalue weighted by molar-refractivity contribution is 6.30. The lowest BCUT2D eigenvalue weighted by Gasteiger charge is -2.45. The van der Waals surface area contributed by atoms with Gasteiger partial charge in [0.25, 0.3) is 0 Å². The molecule has 176 valence electrons. The molecule has 5 rings (SSSR count). The van der Waals surface area contributed by atoms with Crippen molar-refractivity contribution in [2.75, 3.05) is 10.6 Å². The first-order chi connectivity index (χ1) is 16.1. The summed E-state index contributed by atoms with van der Waals surface area (Å²) in [7, 11) is 0. The molecule has 0 saturated carbocycles. The molecule has 0 bridgehead atoms. The number of rotatable bonds is 3. The Kier molecular flexibility index (Phi) is 5.09. The van der Waals surface area contributed by atoms with E-state index in [1.54, 1.807) is 29.9 Å². The van der Waals surface area contributed by atoms with E-state index in [1.165, 1.54) is 12.1 Å². The van der Waals surface area contributed by atoms with Gasteiger partial charge in [0.2, 0.25) is 11.8 Å². The predicted octanol–water partition coefficient (Wildman–Crippen LogP) is 4.70. The van der Waals surface area contributed by atoms with Gasteiger partial charge in [0.1, 0.15) is 11.6 Å². The Balaban J connectivity index is 1.66. The Bertz CT molecular complexity index is 1310. The molecule has 7 nitrogen and oxygen atoms in total. The van der Waals surface area contributed by atoms with Crippen LogP contribution in [0.4, 0.5) is 24.7 Å². The largest absolute Gasteiger partial charge is 0.573 e. The van der Waals surface area contributed by atoms with Crippen LogP contribution >= 0.6 is 11.6 Å². The van der Waals surface area contributed by atoms with Crippen LogP contribution in [0, 0.1) is 5.92 Å². The van der Waals surface area contributed by atoms with E-state index in [1.807, 2.05) is 12.1 Å². The van der Waals surface area contributed by atoms with Crippen LogP contribution in [-0.2, 0) is 21.5 Å². The van der Waals surface area contributed by atoms with Crippen molar-refractivity contribution < 1.29 is 27.5 Å². The molecule has 0 aliphatic carbocycles. The summed E-state index contributed by atoms with van der Waals surface area (Å²) in [6.07, 6.45) is -3.46. The number of carbonyl (C=O) groups excluding carboxylic acids is 2. The zero-order valence-corrected chi connectivity index (χ0v) is 18.5. The molecule has 1 spiro atoms. The third-order valence-corrected chi connectivity index (χ3v) is 6.61. The standard InChI is InChI=1S/C23H18ClF3N4O3/c1-12-21(33)29-18-7-6-15(34-23(25,26)27)8-16(18)22(12)9-19(32)30-20-17(22)10-28-31(20)11-13-2-4-14(24)5-3-13/h2-8,10,12H,9,11H2,1H3,(H,29,33)(H,30,32)/t12-,22+/m0/s1.